The Balaban J connectivity index is 2.76. The van der Waals surface area contributed by atoms with Gasteiger partial charge in [0.2, 0.25) is 0 Å². The first-order valence-electron chi connectivity index (χ1n) is 5.29. The third-order valence-corrected chi connectivity index (χ3v) is 3.19. The second-order valence-electron chi connectivity index (χ2n) is 4.05. The van der Waals surface area contributed by atoms with Crippen LogP contribution in [0, 0.1) is 31.0 Å². The van der Waals surface area contributed by atoms with E-state index in [-0.39, 0.29) is 5.02 Å². The molecular weight excluding hydrogens is 253 g/mol. The lowest BCUT2D eigenvalue weighted by atomic mass is 10.2. The summed E-state index contributed by atoms with van der Waals surface area (Å²) in [5, 5.41) is 9.34. The smallest absolute Gasteiger partial charge is 0.126 e. The van der Waals surface area contributed by atoms with Gasteiger partial charge in [0.1, 0.15) is 17.7 Å². The summed E-state index contributed by atoms with van der Waals surface area (Å²) in [6.45, 7) is 3.63. The zero-order valence-corrected chi connectivity index (χ0v) is 10.7. The van der Waals surface area contributed by atoms with Gasteiger partial charge in [-0.15, -0.1) is 0 Å². The van der Waals surface area contributed by atoms with Crippen molar-refractivity contribution in [1.82, 2.24) is 4.57 Å². The molecule has 0 atom stereocenters. The van der Waals surface area contributed by atoms with Gasteiger partial charge in [-0.05, 0) is 37.6 Å². The molecule has 0 fully saturated rings. The Bertz CT molecular complexity index is 648. The summed E-state index contributed by atoms with van der Waals surface area (Å²) in [7, 11) is 0. The second kappa shape index (κ2) is 4.35. The molecule has 92 valence electrons. The molecule has 0 bridgehead atoms. The van der Waals surface area contributed by atoms with Crippen LogP contribution in [0.5, 0.6) is 0 Å². The quantitative estimate of drug-likeness (QED) is 0.858. The van der Waals surface area contributed by atoms with Crippen molar-refractivity contribution in [2.45, 2.75) is 13.8 Å². The largest absolute Gasteiger partial charge is 0.384 e. The molecule has 0 amide bonds. The predicted octanol–water partition coefficient (Wildman–Crippen LogP) is 3.34. The minimum atomic E-state index is -0.443. The van der Waals surface area contributed by atoms with Crippen LogP contribution in [-0.2, 0) is 0 Å². The Morgan fingerprint density at radius 2 is 2.00 bits per heavy atom. The molecular formula is C13H11ClFN3. The first-order chi connectivity index (χ1) is 8.45. The molecule has 0 radical (unpaired) electrons. The fourth-order valence-corrected chi connectivity index (χ4v) is 2.19. The van der Waals surface area contributed by atoms with Gasteiger partial charge in [0.15, 0.2) is 0 Å². The Morgan fingerprint density at radius 1 is 1.33 bits per heavy atom. The zero-order valence-electron chi connectivity index (χ0n) is 9.96. The monoisotopic (exact) mass is 263 g/mol. The maximum Gasteiger partial charge on any atom is 0.126 e. The Kier molecular flexibility index (Phi) is 3.02. The van der Waals surface area contributed by atoms with Crippen LogP contribution in [0.2, 0.25) is 5.02 Å². The van der Waals surface area contributed by atoms with Crippen molar-refractivity contribution in [2.24, 2.45) is 0 Å². The molecule has 3 nitrogen and oxygen atoms in total. The van der Waals surface area contributed by atoms with Gasteiger partial charge >= 0.3 is 0 Å². The summed E-state index contributed by atoms with van der Waals surface area (Å²) in [4.78, 5) is 0. The van der Waals surface area contributed by atoms with Crippen molar-refractivity contribution in [2.75, 3.05) is 5.73 Å². The van der Waals surface area contributed by atoms with Crippen LogP contribution in [0.1, 0.15) is 16.8 Å². The average molecular weight is 264 g/mol. The maximum atomic E-state index is 13.4. The van der Waals surface area contributed by atoms with E-state index in [0.29, 0.717) is 17.1 Å². The van der Waals surface area contributed by atoms with Crippen LogP contribution in [0.4, 0.5) is 10.2 Å². The van der Waals surface area contributed by atoms with Crippen molar-refractivity contribution < 1.29 is 4.39 Å². The average Bonchev–Trinajstić information content (AvgIpc) is 2.48. The van der Waals surface area contributed by atoms with Gasteiger partial charge in [0.25, 0.3) is 0 Å². The molecule has 0 saturated heterocycles. The van der Waals surface area contributed by atoms with Crippen LogP contribution >= 0.6 is 11.6 Å². The molecule has 18 heavy (non-hydrogen) atoms. The van der Waals surface area contributed by atoms with Crippen molar-refractivity contribution in [1.29, 1.82) is 5.26 Å². The van der Waals surface area contributed by atoms with E-state index in [2.05, 4.69) is 6.07 Å². The number of hydrogen-bond acceptors (Lipinski definition) is 2. The number of anilines is 1. The van der Waals surface area contributed by atoms with E-state index < -0.39 is 5.82 Å². The third kappa shape index (κ3) is 1.83. The number of rotatable bonds is 1. The van der Waals surface area contributed by atoms with Gasteiger partial charge in [-0.25, -0.2) is 4.39 Å². The topological polar surface area (TPSA) is 54.7 Å². The number of aromatic nitrogens is 1. The molecule has 1 aromatic carbocycles. The summed E-state index contributed by atoms with van der Waals surface area (Å²) in [6.07, 6.45) is 0. The van der Waals surface area contributed by atoms with Crippen molar-refractivity contribution in [3.8, 4) is 11.8 Å². The van der Waals surface area contributed by atoms with Gasteiger partial charge in [-0.3, -0.25) is 4.57 Å². The number of benzene rings is 1. The number of hydrogen-bond donors (Lipinski definition) is 1. The minimum absolute atomic E-state index is 0.286. The number of nitriles is 1. The number of halogens is 2. The predicted molar refractivity (Wildman–Crippen MR) is 69.3 cm³/mol. The molecule has 1 aromatic heterocycles. The number of nitrogens with two attached hydrogens (primary N) is 1. The molecule has 0 unspecified atom stereocenters. The number of nitrogens with zero attached hydrogens (tertiary/aromatic N) is 2. The van der Waals surface area contributed by atoms with Gasteiger partial charge in [0.05, 0.1) is 11.3 Å². The van der Waals surface area contributed by atoms with E-state index in [1.54, 1.807) is 10.6 Å². The molecule has 0 aliphatic rings. The third-order valence-electron chi connectivity index (χ3n) is 2.97. The summed E-state index contributed by atoms with van der Waals surface area (Å²) >= 11 is 5.83. The van der Waals surface area contributed by atoms with Crippen LogP contribution in [0.25, 0.3) is 5.69 Å². The second-order valence-corrected chi connectivity index (χ2v) is 4.48. The zero-order chi connectivity index (χ0) is 13.4. The van der Waals surface area contributed by atoms with E-state index >= 15 is 0 Å². The molecule has 0 spiro atoms. The van der Waals surface area contributed by atoms with Crippen molar-refractivity contribution in [3.05, 3.63) is 45.9 Å². The van der Waals surface area contributed by atoms with Gasteiger partial charge < -0.3 is 5.73 Å². The highest BCUT2D eigenvalue weighted by Crippen LogP contribution is 2.29. The summed E-state index contributed by atoms with van der Waals surface area (Å²) in [5.74, 6) is -0.143. The van der Waals surface area contributed by atoms with Gasteiger partial charge in [-0.2, -0.15) is 5.26 Å². The lowest BCUT2D eigenvalue weighted by Gasteiger charge is -2.09. The summed E-state index contributed by atoms with van der Waals surface area (Å²) < 4.78 is 15.0. The minimum Gasteiger partial charge on any atom is -0.384 e. The highest BCUT2D eigenvalue weighted by molar-refractivity contribution is 6.30. The van der Waals surface area contributed by atoms with Crippen molar-refractivity contribution in [3.63, 3.8) is 0 Å². The van der Waals surface area contributed by atoms with Crippen molar-refractivity contribution >= 4 is 17.4 Å². The fraction of sp³-hybridized carbons (Fsp3) is 0.154. The Hall–Kier alpha value is -1.99. The highest BCUT2D eigenvalue weighted by atomic mass is 35.5. The molecule has 2 aromatic rings. The lowest BCUT2D eigenvalue weighted by molar-refractivity contribution is 0.626. The molecule has 5 heteroatoms. The van der Waals surface area contributed by atoms with Gasteiger partial charge in [0, 0.05) is 10.7 Å². The standard InChI is InChI=1S/C13H11ClFN3/c1-7-8(2)18(13(17)12(7)6-16)11-4-9(14)3-10(15)5-11/h3-5H,17H2,1-2H3. The fourth-order valence-electron chi connectivity index (χ4n) is 1.98. The molecule has 0 saturated carbocycles. The Labute approximate surface area is 109 Å². The lowest BCUT2D eigenvalue weighted by Crippen LogP contribution is -2.03. The maximum absolute atomic E-state index is 13.4. The SMILES string of the molecule is Cc1c(C#N)c(N)n(-c2cc(F)cc(Cl)c2)c1C. The molecule has 2 rings (SSSR count). The molecule has 0 aliphatic heterocycles. The van der Waals surface area contributed by atoms with Crippen LogP contribution in [-0.4, -0.2) is 4.57 Å². The molecule has 2 N–H and O–H groups in total. The highest BCUT2D eigenvalue weighted by Gasteiger charge is 2.16. The van der Waals surface area contributed by atoms with E-state index in [1.807, 2.05) is 13.8 Å². The normalized spacial score (nSPS) is 10.4. The van der Waals surface area contributed by atoms with E-state index in [9.17, 15) is 4.39 Å². The van der Waals surface area contributed by atoms with Crippen LogP contribution in [0.3, 0.4) is 0 Å². The first-order valence-corrected chi connectivity index (χ1v) is 5.67. The van der Waals surface area contributed by atoms with E-state index in [4.69, 9.17) is 22.6 Å². The molecule has 1 heterocycles. The molecule has 0 aliphatic carbocycles. The van der Waals surface area contributed by atoms with Crippen LogP contribution < -0.4 is 5.73 Å². The summed E-state index contributed by atoms with van der Waals surface area (Å²) in [6, 6.07) is 6.21. The van der Waals surface area contributed by atoms with E-state index in [0.717, 1.165) is 11.3 Å². The first kappa shape index (κ1) is 12.5. The Morgan fingerprint density at radius 3 is 2.50 bits per heavy atom. The van der Waals surface area contributed by atoms with Gasteiger partial charge in [-0.1, -0.05) is 11.6 Å². The van der Waals surface area contributed by atoms with Crippen LogP contribution in [0.15, 0.2) is 18.2 Å². The summed E-state index contributed by atoms with van der Waals surface area (Å²) in [5.41, 5.74) is 8.43. The number of nitrogen functional groups attached to an aromatic ring is 1. The van der Waals surface area contributed by atoms with E-state index in [1.165, 1.54) is 12.1 Å².